The molecule has 0 fully saturated rings. The fourth-order valence-electron chi connectivity index (χ4n) is 1.94. The number of nitro benzene ring substituents is 1. The molecule has 1 aromatic carbocycles. The first-order valence-electron chi connectivity index (χ1n) is 6.52. The number of rotatable bonds is 6. The molecule has 0 saturated heterocycles. The second-order valence-electron chi connectivity index (χ2n) is 4.48. The Morgan fingerprint density at radius 1 is 1.45 bits per heavy atom. The summed E-state index contributed by atoms with van der Waals surface area (Å²) in [5.74, 6) is 1.30. The largest absolute Gasteiger partial charge is 0.441 e. The van der Waals surface area contributed by atoms with Gasteiger partial charge in [0.25, 0.3) is 5.69 Å². The summed E-state index contributed by atoms with van der Waals surface area (Å²) in [6, 6.07) is 4.91. The number of oxazole rings is 1. The molecular weight excluding hydrogens is 258 g/mol. The number of benzene rings is 1. The highest BCUT2D eigenvalue weighted by molar-refractivity contribution is 5.61. The van der Waals surface area contributed by atoms with Gasteiger partial charge in [-0.05, 0) is 25.6 Å². The Morgan fingerprint density at radius 3 is 2.90 bits per heavy atom. The zero-order valence-corrected chi connectivity index (χ0v) is 11.5. The molecule has 6 nitrogen and oxygen atoms in total. The number of likely N-dealkylation sites (N-methyl/N-ethyl adjacent to an activating group) is 1. The van der Waals surface area contributed by atoms with E-state index in [0.717, 1.165) is 25.1 Å². The summed E-state index contributed by atoms with van der Waals surface area (Å²) in [7, 11) is 0. The van der Waals surface area contributed by atoms with Gasteiger partial charge in [-0.25, -0.2) is 4.98 Å². The highest BCUT2D eigenvalue weighted by Gasteiger charge is 2.13. The summed E-state index contributed by atoms with van der Waals surface area (Å²) in [6.07, 6.45) is 2.38. The van der Waals surface area contributed by atoms with Crippen LogP contribution in [0.3, 0.4) is 0 Å². The molecule has 0 aliphatic carbocycles. The van der Waals surface area contributed by atoms with Crippen LogP contribution in [-0.2, 0) is 6.42 Å². The van der Waals surface area contributed by atoms with E-state index in [1.54, 1.807) is 25.3 Å². The molecule has 0 spiro atoms. The van der Waals surface area contributed by atoms with E-state index >= 15 is 0 Å². The van der Waals surface area contributed by atoms with E-state index in [4.69, 9.17) is 4.42 Å². The molecule has 0 radical (unpaired) electrons. The molecule has 1 N–H and O–H groups in total. The van der Waals surface area contributed by atoms with Gasteiger partial charge in [0, 0.05) is 30.2 Å². The van der Waals surface area contributed by atoms with Crippen molar-refractivity contribution >= 4 is 5.69 Å². The zero-order valence-electron chi connectivity index (χ0n) is 11.5. The second-order valence-corrected chi connectivity index (χ2v) is 4.48. The lowest BCUT2D eigenvalue weighted by Crippen LogP contribution is -2.16. The van der Waals surface area contributed by atoms with Crippen molar-refractivity contribution in [2.75, 3.05) is 13.1 Å². The lowest BCUT2D eigenvalue weighted by atomic mass is 10.1. The van der Waals surface area contributed by atoms with Gasteiger partial charge in [0.05, 0.1) is 11.1 Å². The molecule has 0 atom stereocenters. The van der Waals surface area contributed by atoms with Gasteiger partial charge in [-0.2, -0.15) is 0 Å². The van der Waals surface area contributed by atoms with Crippen molar-refractivity contribution in [2.45, 2.75) is 20.3 Å². The van der Waals surface area contributed by atoms with Gasteiger partial charge >= 0.3 is 0 Å². The number of nitrogens with zero attached hydrogens (tertiary/aromatic N) is 2. The minimum atomic E-state index is -0.388. The molecule has 0 amide bonds. The lowest BCUT2D eigenvalue weighted by Gasteiger charge is -2.00. The molecule has 1 aromatic heterocycles. The minimum Gasteiger partial charge on any atom is -0.441 e. The predicted molar refractivity (Wildman–Crippen MR) is 75.6 cm³/mol. The third-order valence-electron chi connectivity index (χ3n) is 3.00. The Morgan fingerprint density at radius 2 is 2.25 bits per heavy atom. The lowest BCUT2D eigenvalue weighted by molar-refractivity contribution is -0.385. The molecule has 0 unspecified atom stereocenters. The first-order valence-corrected chi connectivity index (χ1v) is 6.52. The Hall–Kier alpha value is -2.21. The third kappa shape index (κ3) is 3.21. The first kappa shape index (κ1) is 14.2. The Balaban J connectivity index is 2.15. The van der Waals surface area contributed by atoms with Gasteiger partial charge in [0.1, 0.15) is 0 Å². The smallest absolute Gasteiger partial charge is 0.272 e. The summed E-state index contributed by atoms with van der Waals surface area (Å²) in [5, 5.41) is 14.0. The standard InChI is InChI=1S/C14H17N3O3/c1-3-15-7-6-14-16-9-13(20-14)11-4-5-12(17(18)19)10(2)8-11/h4-5,8-9,15H,3,6-7H2,1-2H3. The van der Waals surface area contributed by atoms with Crippen LogP contribution in [0.4, 0.5) is 5.69 Å². The molecule has 0 saturated carbocycles. The van der Waals surface area contributed by atoms with E-state index in [2.05, 4.69) is 10.3 Å². The fraction of sp³-hybridized carbons (Fsp3) is 0.357. The molecule has 106 valence electrons. The number of nitrogens with one attached hydrogen (secondary N) is 1. The third-order valence-corrected chi connectivity index (χ3v) is 3.00. The van der Waals surface area contributed by atoms with Crippen LogP contribution in [0.15, 0.2) is 28.8 Å². The first-order chi connectivity index (χ1) is 9.61. The van der Waals surface area contributed by atoms with Gasteiger partial charge in [-0.3, -0.25) is 10.1 Å². The van der Waals surface area contributed by atoms with Crippen LogP contribution in [0.25, 0.3) is 11.3 Å². The molecule has 2 rings (SSSR count). The van der Waals surface area contributed by atoms with Gasteiger partial charge in [-0.15, -0.1) is 0 Å². The Bertz CT molecular complexity index is 607. The average molecular weight is 275 g/mol. The van der Waals surface area contributed by atoms with Crippen LogP contribution in [0, 0.1) is 17.0 Å². The summed E-state index contributed by atoms with van der Waals surface area (Å²) in [5.41, 5.74) is 1.52. The Labute approximate surface area is 117 Å². The molecule has 0 aliphatic heterocycles. The average Bonchev–Trinajstić information content (AvgIpc) is 2.87. The van der Waals surface area contributed by atoms with Crippen LogP contribution in [0.1, 0.15) is 18.4 Å². The van der Waals surface area contributed by atoms with E-state index < -0.39 is 0 Å². The quantitative estimate of drug-likeness (QED) is 0.498. The predicted octanol–water partition coefficient (Wildman–Crippen LogP) is 2.71. The SMILES string of the molecule is CCNCCc1ncc(-c2ccc([N+](=O)[O-])c(C)c2)o1. The monoisotopic (exact) mass is 275 g/mol. The number of nitro groups is 1. The normalized spacial score (nSPS) is 10.7. The van der Waals surface area contributed by atoms with Crippen molar-refractivity contribution in [3.63, 3.8) is 0 Å². The van der Waals surface area contributed by atoms with E-state index in [-0.39, 0.29) is 10.6 Å². The van der Waals surface area contributed by atoms with Crippen molar-refractivity contribution in [1.82, 2.24) is 10.3 Å². The molecule has 20 heavy (non-hydrogen) atoms. The van der Waals surface area contributed by atoms with Crippen LogP contribution in [0.5, 0.6) is 0 Å². The van der Waals surface area contributed by atoms with Gasteiger partial charge in [0.15, 0.2) is 11.7 Å². The fourth-order valence-corrected chi connectivity index (χ4v) is 1.94. The highest BCUT2D eigenvalue weighted by atomic mass is 16.6. The summed E-state index contributed by atoms with van der Waals surface area (Å²) in [6.45, 7) is 5.48. The van der Waals surface area contributed by atoms with Crippen LogP contribution < -0.4 is 5.32 Å². The maximum atomic E-state index is 10.8. The number of hydrogen-bond acceptors (Lipinski definition) is 5. The van der Waals surface area contributed by atoms with Crippen molar-refractivity contribution in [3.8, 4) is 11.3 Å². The van der Waals surface area contributed by atoms with Crippen molar-refractivity contribution in [3.05, 3.63) is 46.0 Å². The molecule has 1 heterocycles. The van der Waals surface area contributed by atoms with Gasteiger partial charge in [0.2, 0.25) is 0 Å². The molecule has 6 heteroatoms. The molecular formula is C14H17N3O3. The zero-order chi connectivity index (χ0) is 14.5. The van der Waals surface area contributed by atoms with Gasteiger partial charge in [-0.1, -0.05) is 6.92 Å². The number of aryl methyl sites for hydroxylation is 1. The van der Waals surface area contributed by atoms with Crippen molar-refractivity contribution in [2.24, 2.45) is 0 Å². The summed E-state index contributed by atoms with van der Waals surface area (Å²) < 4.78 is 5.65. The minimum absolute atomic E-state index is 0.112. The molecule has 0 aliphatic rings. The van der Waals surface area contributed by atoms with Crippen LogP contribution in [-0.4, -0.2) is 23.0 Å². The van der Waals surface area contributed by atoms with Crippen molar-refractivity contribution in [1.29, 1.82) is 0 Å². The van der Waals surface area contributed by atoms with Crippen LogP contribution in [0.2, 0.25) is 0 Å². The highest BCUT2D eigenvalue weighted by Crippen LogP contribution is 2.26. The topological polar surface area (TPSA) is 81.2 Å². The maximum absolute atomic E-state index is 10.8. The Kier molecular flexibility index (Phi) is 4.47. The van der Waals surface area contributed by atoms with E-state index in [1.807, 2.05) is 6.92 Å². The van der Waals surface area contributed by atoms with Crippen molar-refractivity contribution < 1.29 is 9.34 Å². The molecule has 0 bridgehead atoms. The summed E-state index contributed by atoms with van der Waals surface area (Å²) >= 11 is 0. The maximum Gasteiger partial charge on any atom is 0.272 e. The molecule has 2 aromatic rings. The van der Waals surface area contributed by atoms with E-state index in [1.165, 1.54) is 6.07 Å². The second kappa shape index (κ2) is 6.29. The van der Waals surface area contributed by atoms with Gasteiger partial charge < -0.3 is 9.73 Å². The number of aromatic nitrogens is 1. The van der Waals surface area contributed by atoms with E-state index in [9.17, 15) is 10.1 Å². The summed E-state index contributed by atoms with van der Waals surface area (Å²) in [4.78, 5) is 14.6. The van der Waals surface area contributed by atoms with E-state index in [0.29, 0.717) is 17.2 Å². The van der Waals surface area contributed by atoms with Crippen LogP contribution >= 0.6 is 0 Å². The number of hydrogen-bond donors (Lipinski definition) is 1.